The molecule has 4 rings (SSSR count). The van der Waals surface area contributed by atoms with Crippen LogP contribution in [0.2, 0.25) is 0 Å². The highest BCUT2D eigenvalue weighted by Crippen LogP contribution is 2.45. The molecule has 2 fully saturated rings. The van der Waals surface area contributed by atoms with Crippen molar-refractivity contribution in [3.05, 3.63) is 59.7 Å². The molecule has 4 atom stereocenters. The molecule has 2 aliphatic carbocycles. The van der Waals surface area contributed by atoms with Gasteiger partial charge in [-0.15, -0.1) is 0 Å². The first-order valence-electron chi connectivity index (χ1n) is 11.4. The second-order valence-electron chi connectivity index (χ2n) is 9.42. The Morgan fingerprint density at radius 2 is 2.03 bits per heavy atom. The van der Waals surface area contributed by atoms with E-state index in [1.165, 1.54) is 13.5 Å². The number of allylic oxidation sites excluding steroid dienone is 3. The summed E-state index contributed by atoms with van der Waals surface area (Å²) in [6.07, 6.45) is 13.6. The van der Waals surface area contributed by atoms with Gasteiger partial charge in [0.25, 0.3) is 0 Å². The third-order valence-electron chi connectivity index (χ3n) is 7.34. The van der Waals surface area contributed by atoms with E-state index < -0.39 is 14.8 Å². The number of benzene rings is 1. The van der Waals surface area contributed by atoms with Crippen molar-refractivity contribution in [3.63, 3.8) is 0 Å². The first-order chi connectivity index (χ1) is 14.8. The van der Waals surface area contributed by atoms with Crippen LogP contribution >= 0.6 is 0 Å². The van der Waals surface area contributed by atoms with Crippen LogP contribution in [-0.2, 0) is 26.0 Å². The Morgan fingerprint density at radius 1 is 1.23 bits per heavy atom. The minimum atomic E-state index is -3.51. The molecule has 1 heterocycles. The molecule has 1 saturated heterocycles. The molecule has 5 nitrogen and oxygen atoms in total. The van der Waals surface area contributed by atoms with Gasteiger partial charge in [0.15, 0.2) is 0 Å². The van der Waals surface area contributed by atoms with Crippen LogP contribution in [0, 0.1) is 5.92 Å². The Morgan fingerprint density at radius 3 is 2.77 bits per heavy atom. The van der Waals surface area contributed by atoms with Crippen LogP contribution < -0.4 is 0 Å². The monoisotopic (exact) mass is 443 g/mol. The number of sulfonamides is 1. The molecule has 0 spiro atoms. The quantitative estimate of drug-likeness (QED) is 0.635. The van der Waals surface area contributed by atoms with E-state index in [0.717, 1.165) is 36.8 Å². The lowest BCUT2D eigenvalue weighted by molar-refractivity contribution is -0.139. The van der Waals surface area contributed by atoms with E-state index >= 15 is 0 Å². The number of rotatable bonds is 5. The van der Waals surface area contributed by atoms with Crippen LogP contribution in [0.15, 0.2) is 48.6 Å². The topological polar surface area (TPSA) is 63.7 Å². The van der Waals surface area contributed by atoms with Gasteiger partial charge in [-0.05, 0) is 55.6 Å². The van der Waals surface area contributed by atoms with E-state index in [2.05, 4.69) is 12.1 Å². The summed E-state index contributed by atoms with van der Waals surface area (Å²) in [6.45, 7) is 2.36. The SMILES string of the molecule is COC(=O)Cc1cccc(C2CC3CCCCC3N(S(=O)(=O)C3(C)C=CC=CC3)C2)c1. The second kappa shape index (κ2) is 8.91. The largest absolute Gasteiger partial charge is 0.469 e. The fourth-order valence-corrected chi connectivity index (χ4v) is 7.62. The number of carbonyl (C=O) groups is 1. The third-order valence-corrected chi connectivity index (χ3v) is 9.86. The van der Waals surface area contributed by atoms with Crippen molar-refractivity contribution < 1.29 is 17.9 Å². The van der Waals surface area contributed by atoms with Crippen molar-refractivity contribution in [2.24, 2.45) is 5.92 Å². The van der Waals surface area contributed by atoms with Crippen molar-refractivity contribution in [1.82, 2.24) is 4.31 Å². The summed E-state index contributed by atoms with van der Waals surface area (Å²) in [5.74, 6) is 0.263. The minimum Gasteiger partial charge on any atom is -0.469 e. The molecule has 3 aliphatic rings. The zero-order valence-corrected chi connectivity index (χ0v) is 19.3. The number of esters is 1. The van der Waals surface area contributed by atoms with Gasteiger partial charge in [-0.1, -0.05) is 61.4 Å². The van der Waals surface area contributed by atoms with Crippen LogP contribution in [-0.4, -0.2) is 43.1 Å². The van der Waals surface area contributed by atoms with Gasteiger partial charge in [-0.3, -0.25) is 4.79 Å². The smallest absolute Gasteiger partial charge is 0.309 e. The van der Waals surface area contributed by atoms with Gasteiger partial charge < -0.3 is 4.74 Å². The zero-order chi connectivity index (χ0) is 22.1. The normalized spacial score (nSPS) is 31.2. The molecule has 168 valence electrons. The summed E-state index contributed by atoms with van der Waals surface area (Å²) in [5.41, 5.74) is 2.03. The average Bonchev–Trinajstić information content (AvgIpc) is 2.78. The molecule has 6 heteroatoms. The third kappa shape index (κ3) is 4.37. The Labute approximate surface area is 186 Å². The summed E-state index contributed by atoms with van der Waals surface area (Å²) in [6, 6.07) is 8.13. The van der Waals surface area contributed by atoms with Gasteiger partial charge in [-0.2, -0.15) is 4.31 Å². The number of methoxy groups -OCH3 is 1. The molecule has 1 aromatic carbocycles. The Bertz CT molecular complexity index is 983. The van der Waals surface area contributed by atoms with Crippen LogP contribution in [0.25, 0.3) is 0 Å². The van der Waals surface area contributed by atoms with Crippen LogP contribution in [0.3, 0.4) is 0 Å². The summed E-state index contributed by atoms with van der Waals surface area (Å²) in [4.78, 5) is 11.7. The van der Waals surface area contributed by atoms with E-state index in [-0.39, 0.29) is 24.3 Å². The van der Waals surface area contributed by atoms with Crippen molar-refractivity contribution in [3.8, 4) is 0 Å². The molecule has 0 bridgehead atoms. The highest BCUT2D eigenvalue weighted by atomic mass is 32.2. The number of ether oxygens (including phenoxy) is 1. The number of nitrogens with zero attached hydrogens (tertiary/aromatic N) is 1. The molecule has 0 amide bonds. The lowest BCUT2D eigenvalue weighted by Gasteiger charge is -2.48. The number of hydrogen-bond acceptors (Lipinski definition) is 4. The van der Waals surface area contributed by atoms with Gasteiger partial charge in [0.05, 0.1) is 13.5 Å². The molecule has 1 saturated carbocycles. The standard InChI is InChI=1S/C25H33NO4S/c1-25(13-6-3-7-14-25)31(28,29)26-18-22(17-21-10-4-5-12-23(21)26)20-11-8-9-19(15-20)16-24(27)30-2/h3,6-9,11,13,15,21-23H,4-5,10,12,14,16-18H2,1-2H3. The first kappa shape index (κ1) is 22.3. The first-order valence-corrected chi connectivity index (χ1v) is 12.8. The summed E-state index contributed by atoms with van der Waals surface area (Å²) < 4.78 is 33.6. The number of hydrogen-bond donors (Lipinski definition) is 0. The van der Waals surface area contributed by atoms with Crippen molar-refractivity contribution in [1.29, 1.82) is 0 Å². The highest BCUT2D eigenvalue weighted by Gasteiger charge is 2.49. The van der Waals surface area contributed by atoms with Gasteiger partial charge in [0.1, 0.15) is 4.75 Å². The molecule has 4 unspecified atom stereocenters. The van der Waals surface area contributed by atoms with Crippen LogP contribution in [0.5, 0.6) is 0 Å². The molecular weight excluding hydrogens is 410 g/mol. The van der Waals surface area contributed by atoms with Gasteiger partial charge in [-0.25, -0.2) is 8.42 Å². The predicted molar refractivity (Wildman–Crippen MR) is 122 cm³/mol. The van der Waals surface area contributed by atoms with Crippen LogP contribution in [0.4, 0.5) is 0 Å². The second-order valence-corrected chi connectivity index (χ2v) is 11.8. The Kier molecular flexibility index (Phi) is 6.40. The maximum atomic E-state index is 13.9. The molecule has 0 radical (unpaired) electrons. The maximum absolute atomic E-state index is 13.9. The molecular formula is C25H33NO4S. The summed E-state index contributed by atoms with van der Waals surface area (Å²) >= 11 is 0. The van der Waals surface area contributed by atoms with E-state index in [4.69, 9.17) is 4.74 Å². The number of piperidine rings is 1. The van der Waals surface area contributed by atoms with Crippen molar-refractivity contribution in [2.45, 2.75) is 68.6 Å². The molecule has 0 aromatic heterocycles. The molecule has 31 heavy (non-hydrogen) atoms. The van der Waals surface area contributed by atoms with Gasteiger partial charge in [0, 0.05) is 12.6 Å². The zero-order valence-electron chi connectivity index (χ0n) is 18.5. The lowest BCUT2D eigenvalue weighted by atomic mass is 9.74. The highest BCUT2D eigenvalue weighted by molar-refractivity contribution is 7.90. The molecule has 0 N–H and O–H groups in total. The van der Waals surface area contributed by atoms with E-state index in [1.54, 1.807) is 0 Å². The minimum absolute atomic E-state index is 0.101. The van der Waals surface area contributed by atoms with Crippen molar-refractivity contribution >= 4 is 16.0 Å². The van der Waals surface area contributed by atoms with E-state index in [0.29, 0.717) is 18.9 Å². The van der Waals surface area contributed by atoms with Gasteiger partial charge in [0.2, 0.25) is 10.0 Å². The average molecular weight is 444 g/mol. The molecule has 1 aromatic rings. The predicted octanol–water partition coefficient (Wildman–Crippen LogP) is 4.35. The number of fused-ring (bicyclic) bond motifs is 1. The summed E-state index contributed by atoms with van der Waals surface area (Å²) in [5, 5.41) is 0. The maximum Gasteiger partial charge on any atom is 0.309 e. The molecule has 1 aliphatic heterocycles. The van der Waals surface area contributed by atoms with E-state index in [1.807, 2.05) is 47.7 Å². The van der Waals surface area contributed by atoms with Crippen LogP contribution in [0.1, 0.15) is 62.5 Å². The fraction of sp³-hybridized carbons (Fsp3) is 0.560. The van der Waals surface area contributed by atoms with E-state index in [9.17, 15) is 13.2 Å². The summed E-state index contributed by atoms with van der Waals surface area (Å²) in [7, 11) is -2.11. The fourth-order valence-electron chi connectivity index (χ4n) is 5.52. The number of carbonyl (C=O) groups excluding carboxylic acids is 1. The van der Waals surface area contributed by atoms with Crippen molar-refractivity contribution in [2.75, 3.05) is 13.7 Å². The Balaban J connectivity index is 1.65. The Hall–Kier alpha value is -1.92. The lowest BCUT2D eigenvalue weighted by Crippen LogP contribution is -2.56. The van der Waals surface area contributed by atoms with Gasteiger partial charge >= 0.3 is 5.97 Å².